The SMILES string of the molecule is c1cc2c(cc1OC[C@H]1CCCN1)OCO2. The lowest BCUT2D eigenvalue weighted by atomic mass is 10.2. The minimum absolute atomic E-state index is 0.308. The van der Waals surface area contributed by atoms with Crippen LogP contribution in [0.15, 0.2) is 18.2 Å². The first-order chi connectivity index (χ1) is 7.92. The van der Waals surface area contributed by atoms with Gasteiger partial charge in [0.25, 0.3) is 0 Å². The predicted octanol–water partition coefficient (Wildman–Crippen LogP) is 1.55. The fourth-order valence-electron chi connectivity index (χ4n) is 2.06. The molecule has 86 valence electrons. The van der Waals surface area contributed by atoms with Gasteiger partial charge in [-0.2, -0.15) is 0 Å². The molecule has 1 aromatic rings. The largest absolute Gasteiger partial charge is 0.492 e. The normalized spacial score (nSPS) is 22.4. The van der Waals surface area contributed by atoms with Crippen molar-refractivity contribution in [2.24, 2.45) is 0 Å². The van der Waals surface area contributed by atoms with Gasteiger partial charge in [0.15, 0.2) is 11.5 Å². The van der Waals surface area contributed by atoms with E-state index in [0.29, 0.717) is 12.8 Å². The molecule has 4 heteroatoms. The minimum Gasteiger partial charge on any atom is -0.492 e. The van der Waals surface area contributed by atoms with E-state index in [0.717, 1.165) is 30.4 Å². The Balaban J connectivity index is 1.61. The molecule has 0 aromatic heterocycles. The van der Waals surface area contributed by atoms with Gasteiger partial charge in [0, 0.05) is 12.1 Å². The third kappa shape index (κ3) is 1.93. The van der Waals surface area contributed by atoms with Crippen LogP contribution < -0.4 is 19.5 Å². The van der Waals surface area contributed by atoms with E-state index in [1.807, 2.05) is 18.2 Å². The maximum Gasteiger partial charge on any atom is 0.231 e. The molecule has 2 aliphatic rings. The van der Waals surface area contributed by atoms with Gasteiger partial charge in [-0.1, -0.05) is 0 Å². The second-order valence-electron chi connectivity index (χ2n) is 4.12. The van der Waals surface area contributed by atoms with Crippen molar-refractivity contribution in [2.45, 2.75) is 18.9 Å². The van der Waals surface area contributed by atoms with Crippen LogP contribution in [0.2, 0.25) is 0 Å². The molecule has 0 saturated carbocycles. The summed E-state index contributed by atoms with van der Waals surface area (Å²) in [4.78, 5) is 0. The number of rotatable bonds is 3. The zero-order valence-corrected chi connectivity index (χ0v) is 9.07. The fourth-order valence-corrected chi connectivity index (χ4v) is 2.06. The van der Waals surface area contributed by atoms with Crippen molar-refractivity contribution < 1.29 is 14.2 Å². The summed E-state index contributed by atoms with van der Waals surface area (Å²) in [6, 6.07) is 6.19. The van der Waals surface area contributed by atoms with Crippen LogP contribution in [0.25, 0.3) is 0 Å². The van der Waals surface area contributed by atoms with Gasteiger partial charge in [-0.05, 0) is 31.5 Å². The van der Waals surface area contributed by atoms with Crippen molar-refractivity contribution >= 4 is 0 Å². The van der Waals surface area contributed by atoms with Crippen LogP contribution in [-0.2, 0) is 0 Å². The molecule has 0 amide bonds. The fraction of sp³-hybridized carbons (Fsp3) is 0.500. The Morgan fingerprint density at radius 2 is 2.25 bits per heavy atom. The molecule has 1 saturated heterocycles. The van der Waals surface area contributed by atoms with Gasteiger partial charge in [-0.3, -0.25) is 0 Å². The Kier molecular flexibility index (Phi) is 2.58. The highest BCUT2D eigenvalue weighted by atomic mass is 16.7. The molecule has 1 atom stereocenters. The molecule has 0 aliphatic carbocycles. The van der Waals surface area contributed by atoms with Gasteiger partial charge in [-0.25, -0.2) is 0 Å². The highest BCUT2D eigenvalue weighted by molar-refractivity contribution is 5.46. The van der Waals surface area contributed by atoms with E-state index in [4.69, 9.17) is 14.2 Å². The lowest BCUT2D eigenvalue weighted by Crippen LogP contribution is -2.28. The van der Waals surface area contributed by atoms with Crippen LogP contribution >= 0.6 is 0 Å². The van der Waals surface area contributed by atoms with Crippen molar-refractivity contribution in [2.75, 3.05) is 19.9 Å². The Morgan fingerprint density at radius 3 is 3.12 bits per heavy atom. The summed E-state index contributed by atoms with van der Waals surface area (Å²) in [5, 5.41) is 3.40. The van der Waals surface area contributed by atoms with E-state index in [1.54, 1.807) is 0 Å². The summed E-state index contributed by atoms with van der Waals surface area (Å²) in [6.45, 7) is 2.14. The number of hydrogen-bond donors (Lipinski definition) is 1. The first kappa shape index (κ1) is 9.78. The first-order valence-electron chi connectivity index (χ1n) is 5.68. The maximum absolute atomic E-state index is 5.72. The van der Waals surface area contributed by atoms with Crippen LogP contribution in [0.3, 0.4) is 0 Å². The standard InChI is InChI=1S/C12H15NO3/c1-2-9(13-5-1)7-14-10-3-4-11-12(6-10)16-8-15-11/h3-4,6,9,13H,1-2,5,7-8H2/t9-/m1/s1. The van der Waals surface area contributed by atoms with Crippen LogP contribution in [0.4, 0.5) is 0 Å². The third-order valence-corrected chi connectivity index (χ3v) is 2.96. The molecule has 0 radical (unpaired) electrons. The Hall–Kier alpha value is -1.42. The number of hydrogen-bond acceptors (Lipinski definition) is 4. The minimum atomic E-state index is 0.308. The molecule has 16 heavy (non-hydrogen) atoms. The number of fused-ring (bicyclic) bond motifs is 1. The number of benzene rings is 1. The van der Waals surface area contributed by atoms with Gasteiger partial charge in [0.1, 0.15) is 12.4 Å². The van der Waals surface area contributed by atoms with Crippen molar-refractivity contribution in [1.82, 2.24) is 5.32 Å². The molecular weight excluding hydrogens is 206 g/mol. The monoisotopic (exact) mass is 221 g/mol. The van der Waals surface area contributed by atoms with Gasteiger partial charge >= 0.3 is 0 Å². The van der Waals surface area contributed by atoms with Crippen molar-refractivity contribution in [3.8, 4) is 17.2 Å². The number of nitrogens with one attached hydrogen (secondary N) is 1. The summed E-state index contributed by atoms with van der Waals surface area (Å²) in [7, 11) is 0. The maximum atomic E-state index is 5.72. The third-order valence-electron chi connectivity index (χ3n) is 2.96. The van der Waals surface area contributed by atoms with Crippen molar-refractivity contribution in [3.05, 3.63) is 18.2 Å². The van der Waals surface area contributed by atoms with Gasteiger partial charge < -0.3 is 19.5 Å². The van der Waals surface area contributed by atoms with Gasteiger partial charge in [-0.15, -0.1) is 0 Å². The second kappa shape index (κ2) is 4.22. The zero-order valence-electron chi connectivity index (χ0n) is 9.07. The molecule has 0 spiro atoms. The summed E-state index contributed by atoms with van der Waals surface area (Å²) in [5.74, 6) is 2.42. The van der Waals surface area contributed by atoms with Crippen molar-refractivity contribution in [3.63, 3.8) is 0 Å². The van der Waals surface area contributed by atoms with Crippen LogP contribution in [0.1, 0.15) is 12.8 Å². The molecule has 0 unspecified atom stereocenters. The lowest BCUT2D eigenvalue weighted by Gasteiger charge is -2.12. The van der Waals surface area contributed by atoms with E-state index in [1.165, 1.54) is 12.8 Å². The molecule has 1 fully saturated rings. The Labute approximate surface area is 94.5 Å². The van der Waals surface area contributed by atoms with E-state index < -0.39 is 0 Å². The summed E-state index contributed by atoms with van der Waals surface area (Å²) in [5.41, 5.74) is 0. The average molecular weight is 221 g/mol. The highest BCUT2D eigenvalue weighted by Crippen LogP contribution is 2.35. The molecule has 1 N–H and O–H groups in total. The van der Waals surface area contributed by atoms with Crippen LogP contribution in [0, 0.1) is 0 Å². The smallest absolute Gasteiger partial charge is 0.231 e. The van der Waals surface area contributed by atoms with E-state index >= 15 is 0 Å². The van der Waals surface area contributed by atoms with Gasteiger partial charge in [0.2, 0.25) is 6.79 Å². The summed E-state index contributed by atoms with van der Waals surface area (Å²) in [6.07, 6.45) is 2.44. The second-order valence-corrected chi connectivity index (χ2v) is 4.12. The Bertz CT molecular complexity index is 375. The molecule has 0 bridgehead atoms. The quantitative estimate of drug-likeness (QED) is 0.840. The summed E-state index contributed by atoms with van der Waals surface area (Å²) >= 11 is 0. The molecular formula is C12H15NO3. The molecule has 3 rings (SSSR count). The Morgan fingerprint density at radius 1 is 1.31 bits per heavy atom. The van der Waals surface area contributed by atoms with Gasteiger partial charge in [0.05, 0.1) is 0 Å². The predicted molar refractivity (Wildman–Crippen MR) is 59.1 cm³/mol. The van der Waals surface area contributed by atoms with Crippen molar-refractivity contribution in [1.29, 1.82) is 0 Å². The first-order valence-corrected chi connectivity index (χ1v) is 5.68. The van der Waals surface area contributed by atoms with Crippen LogP contribution in [0.5, 0.6) is 17.2 Å². The number of ether oxygens (including phenoxy) is 3. The van der Waals surface area contributed by atoms with Crippen LogP contribution in [-0.4, -0.2) is 26.0 Å². The van der Waals surface area contributed by atoms with E-state index in [2.05, 4.69) is 5.32 Å². The molecule has 4 nitrogen and oxygen atoms in total. The van der Waals surface area contributed by atoms with E-state index in [9.17, 15) is 0 Å². The average Bonchev–Trinajstić information content (AvgIpc) is 2.97. The topological polar surface area (TPSA) is 39.7 Å². The molecule has 2 heterocycles. The lowest BCUT2D eigenvalue weighted by molar-refractivity contribution is 0.173. The zero-order chi connectivity index (χ0) is 10.8. The van der Waals surface area contributed by atoms with E-state index in [-0.39, 0.29) is 0 Å². The molecule has 2 aliphatic heterocycles. The molecule has 1 aromatic carbocycles. The highest BCUT2D eigenvalue weighted by Gasteiger charge is 2.16. The summed E-state index contributed by atoms with van der Waals surface area (Å²) < 4.78 is 16.3.